The highest BCUT2D eigenvalue weighted by Gasteiger charge is 2.48. The molecule has 0 N–H and O–H groups in total. The molecule has 0 atom stereocenters. The van der Waals surface area contributed by atoms with Crippen LogP contribution >= 0.6 is 11.6 Å². The minimum Gasteiger partial charge on any atom is -0.546 e. The molecule has 0 aliphatic rings. The van der Waals surface area contributed by atoms with E-state index in [1.165, 1.54) is 18.6 Å². The molecule has 0 aliphatic heterocycles. The molecule has 0 rings (SSSR count). The topological polar surface area (TPSA) is 9.23 Å². The molecular formula is C21H41ClOSi. The van der Waals surface area contributed by atoms with Gasteiger partial charge >= 0.3 is 0 Å². The summed E-state index contributed by atoms with van der Waals surface area (Å²) in [5.74, 6) is 1.21. The van der Waals surface area contributed by atoms with E-state index >= 15 is 0 Å². The SMILES string of the molecule is CC(C)[Si](O/C(=C\CCCCC=CCl)C(C)(C)C)(C(C)C)C(C)C. The number of halogens is 1. The van der Waals surface area contributed by atoms with Crippen LogP contribution in [0.1, 0.15) is 88.0 Å². The maximum absolute atomic E-state index is 6.98. The van der Waals surface area contributed by atoms with Crippen molar-refractivity contribution >= 4 is 19.9 Å². The van der Waals surface area contributed by atoms with Crippen LogP contribution < -0.4 is 0 Å². The second-order valence-electron chi connectivity index (χ2n) is 8.88. The van der Waals surface area contributed by atoms with E-state index in [4.69, 9.17) is 16.0 Å². The molecule has 0 aliphatic carbocycles. The predicted octanol–water partition coefficient (Wildman–Crippen LogP) is 8.42. The van der Waals surface area contributed by atoms with Crippen LogP contribution in [0.5, 0.6) is 0 Å². The van der Waals surface area contributed by atoms with Crippen molar-refractivity contribution in [3.63, 3.8) is 0 Å². The molecule has 0 aromatic rings. The van der Waals surface area contributed by atoms with Gasteiger partial charge in [-0.05, 0) is 48.4 Å². The maximum Gasteiger partial charge on any atom is 0.258 e. The van der Waals surface area contributed by atoms with Crippen molar-refractivity contribution < 1.29 is 4.43 Å². The molecule has 0 unspecified atom stereocenters. The number of rotatable bonds is 10. The molecule has 0 aromatic heterocycles. The van der Waals surface area contributed by atoms with Gasteiger partial charge < -0.3 is 4.43 Å². The summed E-state index contributed by atoms with van der Waals surface area (Å²) in [6.07, 6.45) is 8.90. The molecular weight excluding hydrogens is 332 g/mol. The number of hydrogen-bond donors (Lipinski definition) is 0. The van der Waals surface area contributed by atoms with Crippen LogP contribution in [0.4, 0.5) is 0 Å². The van der Waals surface area contributed by atoms with Crippen molar-refractivity contribution in [3.05, 3.63) is 23.4 Å². The zero-order valence-corrected chi connectivity index (χ0v) is 19.3. The molecule has 1 nitrogen and oxygen atoms in total. The van der Waals surface area contributed by atoms with E-state index in [9.17, 15) is 0 Å². The summed E-state index contributed by atoms with van der Waals surface area (Å²) in [5.41, 5.74) is 3.51. The third kappa shape index (κ3) is 6.96. The highest BCUT2D eigenvalue weighted by atomic mass is 35.5. The summed E-state index contributed by atoms with van der Waals surface area (Å²) in [7, 11) is -1.88. The fraction of sp³-hybridized carbons (Fsp3) is 0.810. The Bertz CT molecular complexity index is 381. The van der Waals surface area contributed by atoms with Crippen LogP contribution in [0.25, 0.3) is 0 Å². The largest absolute Gasteiger partial charge is 0.546 e. The van der Waals surface area contributed by atoms with Gasteiger partial charge in [-0.2, -0.15) is 0 Å². The molecule has 0 heterocycles. The molecule has 0 bridgehead atoms. The summed E-state index contributed by atoms with van der Waals surface area (Å²) in [6.45, 7) is 20.9. The van der Waals surface area contributed by atoms with Crippen LogP contribution in [0.3, 0.4) is 0 Å². The molecule has 0 saturated heterocycles. The summed E-state index contributed by atoms with van der Waals surface area (Å²) in [4.78, 5) is 0. The van der Waals surface area contributed by atoms with Gasteiger partial charge in [-0.1, -0.05) is 80.0 Å². The second kappa shape index (κ2) is 10.7. The number of hydrogen-bond acceptors (Lipinski definition) is 1. The van der Waals surface area contributed by atoms with Crippen LogP contribution in [0.15, 0.2) is 23.4 Å². The molecule has 0 spiro atoms. The summed E-state index contributed by atoms with van der Waals surface area (Å²) >= 11 is 5.58. The molecule has 142 valence electrons. The lowest BCUT2D eigenvalue weighted by molar-refractivity contribution is 0.264. The van der Waals surface area contributed by atoms with Crippen molar-refractivity contribution in [1.82, 2.24) is 0 Å². The standard InChI is InChI=1S/C21H41ClOSi/c1-17(2)24(18(3)4,19(5)6)23-20(21(7,8)9)15-13-11-10-12-14-16-22/h14-19H,10-13H2,1-9H3/b16-14?,20-15-. The fourth-order valence-electron chi connectivity index (χ4n) is 3.75. The molecule has 24 heavy (non-hydrogen) atoms. The first-order chi connectivity index (χ1) is 11.0. The van der Waals surface area contributed by atoms with E-state index in [0.717, 1.165) is 12.8 Å². The lowest BCUT2D eigenvalue weighted by Crippen LogP contribution is -2.48. The zero-order valence-electron chi connectivity index (χ0n) is 17.6. The lowest BCUT2D eigenvalue weighted by Gasteiger charge is -2.45. The smallest absolute Gasteiger partial charge is 0.258 e. The maximum atomic E-state index is 6.98. The van der Waals surface area contributed by atoms with Crippen LogP contribution in [0.2, 0.25) is 16.6 Å². The summed E-state index contributed by atoms with van der Waals surface area (Å²) in [5, 5.41) is 0. The number of allylic oxidation sites excluding steroid dienone is 3. The minimum absolute atomic E-state index is 0.0625. The number of unbranched alkanes of at least 4 members (excludes halogenated alkanes) is 3. The normalized spacial score (nSPS) is 14.5. The summed E-state index contributed by atoms with van der Waals surface area (Å²) in [6, 6.07) is 0. The Morgan fingerprint density at radius 2 is 1.38 bits per heavy atom. The highest BCUT2D eigenvalue weighted by Crippen LogP contribution is 2.46. The van der Waals surface area contributed by atoms with Crippen molar-refractivity contribution in [1.29, 1.82) is 0 Å². The average Bonchev–Trinajstić information content (AvgIpc) is 2.43. The molecule has 0 radical (unpaired) electrons. The van der Waals surface area contributed by atoms with Crippen molar-refractivity contribution in [2.45, 2.75) is 105 Å². The Kier molecular flexibility index (Phi) is 10.6. The van der Waals surface area contributed by atoms with E-state index in [1.807, 2.05) is 6.08 Å². The molecule has 0 aromatic carbocycles. The third-order valence-corrected chi connectivity index (χ3v) is 11.1. The Morgan fingerprint density at radius 3 is 1.75 bits per heavy atom. The third-order valence-electron chi connectivity index (χ3n) is 4.98. The quantitative estimate of drug-likeness (QED) is 0.212. The lowest BCUT2D eigenvalue weighted by atomic mass is 9.93. The average molecular weight is 373 g/mol. The van der Waals surface area contributed by atoms with E-state index in [1.54, 1.807) is 5.54 Å². The van der Waals surface area contributed by atoms with Gasteiger partial charge in [0.25, 0.3) is 8.32 Å². The monoisotopic (exact) mass is 372 g/mol. The van der Waals surface area contributed by atoms with Crippen molar-refractivity contribution in [3.8, 4) is 0 Å². The van der Waals surface area contributed by atoms with Gasteiger partial charge in [0.15, 0.2) is 0 Å². The fourth-order valence-corrected chi connectivity index (χ4v) is 9.35. The Hall–Kier alpha value is -0.213. The van der Waals surface area contributed by atoms with Gasteiger partial charge in [-0.15, -0.1) is 0 Å². The van der Waals surface area contributed by atoms with Gasteiger partial charge in [-0.3, -0.25) is 0 Å². The van der Waals surface area contributed by atoms with Gasteiger partial charge in [0, 0.05) is 11.0 Å². The Balaban J connectivity index is 5.31. The first kappa shape index (κ1) is 23.8. The van der Waals surface area contributed by atoms with Gasteiger partial charge in [0.2, 0.25) is 0 Å². The molecule has 3 heteroatoms. The van der Waals surface area contributed by atoms with E-state index < -0.39 is 8.32 Å². The Morgan fingerprint density at radius 1 is 0.917 bits per heavy atom. The van der Waals surface area contributed by atoms with Gasteiger partial charge in [0.05, 0.1) is 5.76 Å². The first-order valence-corrected chi connectivity index (χ1v) is 12.2. The Labute approximate surface area is 158 Å². The molecule has 0 saturated carbocycles. The highest BCUT2D eigenvalue weighted by molar-refractivity contribution is 6.77. The summed E-state index contributed by atoms with van der Waals surface area (Å²) < 4.78 is 6.98. The van der Waals surface area contributed by atoms with Crippen LogP contribution in [0, 0.1) is 5.41 Å². The van der Waals surface area contributed by atoms with E-state index in [0.29, 0.717) is 16.6 Å². The van der Waals surface area contributed by atoms with Gasteiger partial charge in [0.1, 0.15) is 0 Å². The minimum atomic E-state index is -1.88. The van der Waals surface area contributed by atoms with Crippen molar-refractivity contribution in [2.75, 3.05) is 0 Å². The first-order valence-electron chi connectivity index (χ1n) is 9.65. The van der Waals surface area contributed by atoms with Crippen molar-refractivity contribution in [2.24, 2.45) is 5.41 Å². The second-order valence-corrected chi connectivity index (χ2v) is 14.5. The van der Waals surface area contributed by atoms with Crippen LogP contribution in [-0.4, -0.2) is 8.32 Å². The predicted molar refractivity (Wildman–Crippen MR) is 113 cm³/mol. The van der Waals surface area contributed by atoms with E-state index in [2.05, 4.69) is 68.4 Å². The van der Waals surface area contributed by atoms with Gasteiger partial charge in [-0.25, -0.2) is 0 Å². The zero-order chi connectivity index (χ0) is 19.0. The van der Waals surface area contributed by atoms with E-state index in [-0.39, 0.29) is 5.41 Å². The molecule has 0 amide bonds. The molecule has 0 fully saturated rings. The van der Waals surface area contributed by atoms with Crippen LogP contribution in [-0.2, 0) is 4.43 Å².